The lowest BCUT2D eigenvalue weighted by molar-refractivity contribution is -0.135. The third kappa shape index (κ3) is 26.9. The van der Waals surface area contributed by atoms with Gasteiger partial charge in [-0.2, -0.15) is 0 Å². The van der Waals surface area contributed by atoms with Crippen LogP contribution < -0.4 is 0 Å². The standard InChI is InChI=1S/C12H20O2.2C2H4O2/c13-11-7-5-3-1-2-4-6-8-12(14)10-9-11;2*1-2(3)4/h11-14H,1-8H2;2*1H3,(H,3,4). The number of aliphatic carboxylic acids is 2. The molecule has 1 aliphatic rings. The average Bonchev–Trinajstić information content (AvgIpc) is 2.36. The zero-order chi connectivity index (χ0) is 17.4. The molecule has 22 heavy (non-hydrogen) atoms. The molecule has 6 heteroatoms. The second-order valence-electron chi connectivity index (χ2n) is 5.06. The minimum atomic E-state index is -0.833. The third-order valence-corrected chi connectivity index (χ3v) is 2.62. The van der Waals surface area contributed by atoms with Crippen LogP contribution in [-0.2, 0) is 9.59 Å². The van der Waals surface area contributed by atoms with E-state index in [-0.39, 0.29) is 0 Å². The molecule has 0 spiro atoms. The molecule has 0 aromatic rings. The number of hydrogen-bond acceptors (Lipinski definition) is 4. The molecule has 0 bridgehead atoms. The van der Waals surface area contributed by atoms with Crippen LogP contribution in [0.15, 0.2) is 0 Å². The monoisotopic (exact) mass is 316 g/mol. The van der Waals surface area contributed by atoms with Crippen LogP contribution in [0.4, 0.5) is 0 Å². The van der Waals surface area contributed by atoms with Crippen molar-refractivity contribution in [2.45, 2.75) is 77.4 Å². The molecule has 0 aromatic heterocycles. The summed E-state index contributed by atoms with van der Waals surface area (Å²) in [6.45, 7) is 2.17. The van der Waals surface area contributed by atoms with Crippen molar-refractivity contribution in [3.63, 3.8) is 0 Å². The van der Waals surface area contributed by atoms with Crippen LogP contribution in [0, 0.1) is 11.8 Å². The fraction of sp³-hybridized carbons (Fsp3) is 0.750. The number of rotatable bonds is 0. The summed E-state index contributed by atoms with van der Waals surface area (Å²) < 4.78 is 0. The summed E-state index contributed by atoms with van der Waals surface area (Å²) in [5.74, 6) is 3.74. The zero-order valence-electron chi connectivity index (χ0n) is 13.4. The summed E-state index contributed by atoms with van der Waals surface area (Å²) in [5, 5.41) is 33.7. The van der Waals surface area contributed by atoms with Crippen LogP contribution in [0.1, 0.15) is 65.2 Å². The van der Waals surface area contributed by atoms with Gasteiger partial charge in [-0.3, -0.25) is 9.59 Å². The van der Waals surface area contributed by atoms with Gasteiger partial charge in [0.1, 0.15) is 12.2 Å². The Hall–Kier alpha value is -1.58. The van der Waals surface area contributed by atoms with Crippen LogP contribution in [0.3, 0.4) is 0 Å². The Morgan fingerprint density at radius 1 is 0.727 bits per heavy atom. The highest BCUT2D eigenvalue weighted by Gasteiger charge is 2.03. The molecule has 1 rings (SSSR count). The van der Waals surface area contributed by atoms with Crippen molar-refractivity contribution in [1.29, 1.82) is 0 Å². The van der Waals surface area contributed by atoms with Gasteiger partial charge in [0, 0.05) is 13.8 Å². The molecular formula is C16H28O6. The maximum absolute atomic E-state index is 9.43. The van der Waals surface area contributed by atoms with Gasteiger partial charge in [0.15, 0.2) is 0 Å². The Bertz CT molecular complexity index is 315. The summed E-state index contributed by atoms with van der Waals surface area (Å²) in [6.07, 6.45) is 7.40. The highest BCUT2D eigenvalue weighted by molar-refractivity contribution is 5.63. The summed E-state index contributed by atoms with van der Waals surface area (Å²) in [7, 11) is 0. The van der Waals surface area contributed by atoms with Gasteiger partial charge in [-0.05, 0) is 25.7 Å². The molecule has 2 unspecified atom stereocenters. The molecule has 0 fully saturated rings. The Labute approximate surface area is 132 Å². The van der Waals surface area contributed by atoms with Gasteiger partial charge >= 0.3 is 0 Å². The molecule has 0 amide bonds. The Morgan fingerprint density at radius 2 is 0.955 bits per heavy atom. The predicted molar refractivity (Wildman–Crippen MR) is 83.3 cm³/mol. The first kappa shape index (κ1) is 22.7. The molecule has 0 aliphatic heterocycles. The number of aliphatic hydroxyl groups excluding tert-OH is 2. The van der Waals surface area contributed by atoms with E-state index in [0.717, 1.165) is 39.5 Å². The van der Waals surface area contributed by atoms with Crippen molar-refractivity contribution in [1.82, 2.24) is 0 Å². The normalized spacial score (nSPS) is 21.8. The second kappa shape index (κ2) is 15.8. The SMILES string of the molecule is CC(=O)O.CC(=O)O.OC1C#CC(O)CCCCCCCC1. The molecule has 4 N–H and O–H groups in total. The molecule has 0 saturated carbocycles. The first-order chi connectivity index (χ1) is 10.3. The smallest absolute Gasteiger partial charge is 0.300 e. The van der Waals surface area contributed by atoms with Crippen LogP contribution in [0.2, 0.25) is 0 Å². The van der Waals surface area contributed by atoms with Crippen LogP contribution >= 0.6 is 0 Å². The summed E-state index contributed by atoms with van der Waals surface area (Å²) >= 11 is 0. The van der Waals surface area contributed by atoms with Crippen molar-refractivity contribution < 1.29 is 30.0 Å². The molecular weight excluding hydrogens is 288 g/mol. The highest BCUT2D eigenvalue weighted by Crippen LogP contribution is 2.11. The topological polar surface area (TPSA) is 115 Å². The second-order valence-corrected chi connectivity index (χ2v) is 5.06. The molecule has 0 radical (unpaired) electrons. The molecule has 128 valence electrons. The van der Waals surface area contributed by atoms with Crippen molar-refractivity contribution in [2.24, 2.45) is 0 Å². The Balaban J connectivity index is 0. The van der Waals surface area contributed by atoms with Gasteiger partial charge in [-0.1, -0.05) is 37.5 Å². The van der Waals surface area contributed by atoms with Crippen molar-refractivity contribution in [3.05, 3.63) is 0 Å². The number of carboxylic acids is 2. The van der Waals surface area contributed by atoms with E-state index in [2.05, 4.69) is 11.8 Å². The lowest BCUT2D eigenvalue weighted by Crippen LogP contribution is -2.07. The van der Waals surface area contributed by atoms with Gasteiger partial charge < -0.3 is 20.4 Å². The van der Waals surface area contributed by atoms with Gasteiger partial charge in [0.05, 0.1) is 0 Å². The average molecular weight is 316 g/mol. The van der Waals surface area contributed by atoms with Crippen LogP contribution in [0.5, 0.6) is 0 Å². The predicted octanol–water partition coefficient (Wildman–Crippen LogP) is 2.03. The maximum atomic E-state index is 9.43. The van der Waals surface area contributed by atoms with E-state index in [4.69, 9.17) is 19.8 Å². The highest BCUT2D eigenvalue weighted by atomic mass is 16.4. The van der Waals surface area contributed by atoms with Crippen molar-refractivity contribution in [2.75, 3.05) is 0 Å². The van der Waals surface area contributed by atoms with E-state index in [0.29, 0.717) is 0 Å². The number of hydrogen-bond donors (Lipinski definition) is 4. The number of aliphatic hydroxyl groups is 2. The van der Waals surface area contributed by atoms with Crippen molar-refractivity contribution >= 4 is 11.9 Å². The molecule has 0 aromatic carbocycles. The number of carbonyl (C=O) groups is 2. The fourth-order valence-electron chi connectivity index (χ4n) is 1.72. The summed E-state index contributed by atoms with van der Waals surface area (Å²) in [6, 6.07) is 0. The van der Waals surface area contributed by atoms with Gasteiger partial charge in [-0.25, -0.2) is 0 Å². The van der Waals surface area contributed by atoms with E-state index in [1.807, 2.05) is 0 Å². The number of carboxylic acid groups (broad SMARTS) is 2. The molecule has 0 heterocycles. The molecule has 6 nitrogen and oxygen atoms in total. The van der Waals surface area contributed by atoms with E-state index in [1.165, 1.54) is 25.7 Å². The van der Waals surface area contributed by atoms with Crippen LogP contribution in [-0.4, -0.2) is 44.6 Å². The third-order valence-electron chi connectivity index (χ3n) is 2.62. The lowest BCUT2D eigenvalue weighted by Gasteiger charge is -2.07. The van der Waals surface area contributed by atoms with Gasteiger partial charge in [-0.15, -0.1) is 0 Å². The quantitative estimate of drug-likeness (QED) is 0.508. The Morgan fingerprint density at radius 3 is 1.23 bits per heavy atom. The summed E-state index contributed by atoms with van der Waals surface area (Å²) in [5.41, 5.74) is 0. The first-order valence-corrected chi connectivity index (χ1v) is 7.52. The van der Waals surface area contributed by atoms with Crippen LogP contribution in [0.25, 0.3) is 0 Å². The molecule has 0 saturated heterocycles. The maximum Gasteiger partial charge on any atom is 0.300 e. The lowest BCUT2D eigenvalue weighted by atomic mass is 10.0. The van der Waals surface area contributed by atoms with Crippen molar-refractivity contribution in [3.8, 4) is 11.8 Å². The van der Waals surface area contributed by atoms with Gasteiger partial charge in [0.2, 0.25) is 0 Å². The molecule has 1 aliphatic carbocycles. The van der Waals surface area contributed by atoms with E-state index in [1.54, 1.807) is 0 Å². The van der Waals surface area contributed by atoms with E-state index < -0.39 is 24.1 Å². The zero-order valence-corrected chi connectivity index (χ0v) is 13.4. The minimum Gasteiger partial charge on any atom is -0.481 e. The first-order valence-electron chi connectivity index (χ1n) is 7.52. The van der Waals surface area contributed by atoms with E-state index >= 15 is 0 Å². The minimum absolute atomic E-state index is 0.538. The van der Waals surface area contributed by atoms with E-state index in [9.17, 15) is 10.2 Å². The largest absolute Gasteiger partial charge is 0.481 e. The fourth-order valence-corrected chi connectivity index (χ4v) is 1.72. The Kier molecular flexibility index (Phi) is 16.3. The van der Waals surface area contributed by atoms with Gasteiger partial charge in [0.25, 0.3) is 11.9 Å². The summed E-state index contributed by atoms with van der Waals surface area (Å²) in [4.78, 5) is 18.0. The molecule has 2 atom stereocenters.